The maximum atomic E-state index is 12.4. The molecule has 0 bridgehead atoms. The van der Waals surface area contributed by atoms with E-state index in [-0.39, 0.29) is 11.3 Å². The van der Waals surface area contributed by atoms with Crippen LogP contribution >= 0.6 is 0 Å². The van der Waals surface area contributed by atoms with Crippen molar-refractivity contribution in [1.82, 2.24) is 20.0 Å². The highest BCUT2D eigenvalue weighted by Gasteiger charge is 2.55. The smallest absolute Gasteiger partial charge is 0.258 e. The zero-order valence-electron chi connectivity index (χ0n) is 20.5. The maximum Gasteiger partial charge on any atom is 0.258 e. The number of benzene rings is 1. The van der Waals surface area contributed by atoms with Crippen LogP contribution in [-0.2, 0) is 11.2 Å². The van der Waals surface area contributed by atoms with Crippen LogP contribution in [0, 0.1) is 5.41 Å². The third-order valence-corrected chi connectivity index (χ3v) is 7.78. The lowest BCUT2D eigenvalue weighted by molar-refractivity contribution is -0.127. The molecule has 1 aliphatic heterocycles. The zero-order chi connectivity index (χ0) is 24.1. The first kappa shape index (κ1) is 23.1. The number of rotatable bonds is 6. The van der Waals surface area contributed by atoms with Crippen LogP contribution in [0.3, 0.4) is 0 Å². The van der Waals surface area contributed by atoms with Gasteiger partial charge in [0.15, 0.2) is 0 Å². The molecule has 3 aromatic rings. The van der Waals surface area contributed by atoms with Gasteiger partial charge in [-0.3, -0.25) is 4.98 Å². The fourth-order valence-corrected chi connectivity index (χ4v) is 5.81. The molecule has 1 saturated heterocycles. The SMILES string of the molecule is CC(C)c1ccc(C(O)(c2cncc(-c3noc(C4(O)CCCC4)n3)c2)C2(C)CN(C)C2)cc1. The Kier molecular flexibility index (Phi) is 5.62. The normalized spacial score (nSPS) is 21.4. The molecule has 1 aromatic carbocycles. The van der Waals surface area contributed by atoms with Gasteiger partial charge in [0.1, 0.15) is 11.2 Å². The number of nitrogens with zero attached hydrogens (tertiary/aromatic N) is 4. The topological polar surface area (TPSA) is 95.5 Å². The van der Waals surface area contributed by atoms with E-state index >= 15 is 0 Å². The second kappa shape index (κ2) is 8.26. The average molecular weight is 463 g/mol. The molecule has 1 atom stereocenters. The Morgan fingerprint density at radius 1 is 1.06 bits per heavy atom. The molecule has 1 saturated carbocycles. The van der Waals surface area contributed by atoms with Gasteiger partial charge in [0.05, 0.1) is 0 Å². The van der Waals surface area contributed by atoms with Gasteiger partial charge in [0.2, 0.25) is 5.82 Å². The van der Waals surface area contributed by atoms with E-state index in [2.05, 4.69) is 60.0 Å². The van der Waals surface area contributed by atoms with Crippen molar-refractivity contribution < 1.29 is 14.7 Å². The van der Waals surface area contributed by atoms with E-state index in [1.54, 1.807) is 12.4 Å². The highest BCUT2D eigenvalue weighted by Crippen LogP contribution is 2.50. The lowest BCUT2D eigenvalue weighted by Gasteiger charge is -2.55. The van der Waals surface area contributed by atoms with E-state index in [1.165, 1.54) is 5.56 Å². The van der Waals surface area contributed by atoms with E-state index in [1.807, 2.05) is 18.2 Å². The van der Waals surface area contributed by atoms with Crippen molar-refractivity contribution >= 4 is 0 Å². The largest absolute Gasteiger partial charge is 0.380 e. The van der Waals surface area contributed by atoms with Gasteiger partial charge in [-0.05, 0) is 55.8 Å². The summed E-state index contributed by atoms with van der Waals surface area (Å²) >= 11 is 0. The number of aromatic nitrogens is 3. The third kappa shape index (κ3) is 3.67. The van der Waals surface area contributed by atoms with Gasteiger partial charge in [-0.15, -0.1) is 0 Å². The first-order valence-electron chi connectivity index (χ1n) is 12.2. The van der Waals surface area contributed by atoms with Crippen LogP contribution in [-0.4, -0.2) is 50.4 Å². The van der Waals surface area contributed by atoms with E-state index < -0.39 is 11.2 Å². The molecule has 34 heavy (non-hydrogen) atoms. The van der Waals surface area contributed by atoms with Gasteiger partial charge >= 0.3 is 0 Å². The van der Waals surface area contributed by atoms with E-state index in [4.69, 9.17) is 4.52 Å². The Bertz CT molecular complexity index is 1160. The van der Waals surface area contributed by atoms with E-state index in [0.29, 0.717) is 35.7 Å². The van der Waals surface area contributed by atoms with Crippen LogP contribution in [0.4, 0.5) is 0 Å². The molecule has 180 valence electrons. The summed E-state index contributed by atoms with van der Waals surface area (Å²) in [6.45, 7) is 7.98. The highest BCUT2D eigenvalue weighted by molar-refractivity contribution is 5.56. The first-order chi connectivity index (χ1) is 16.1. The fourth-order valence-electron chi connectivity index (χ4n) is 5.81. The molecule has 2 fully saturated rings. The molecule has 5 rings (SSSR count). The van der Waals surface area contributed by atoms with Crippen LogP contribution in [0.5, 0.6) is 0 Å². The van der Waals surface area contributed by atoms with Crippen LogP contribution in [0.15, 0.2) is 47.2 Å². The summed E-state index contributed by atoms with van der Waals surface area (Å²) in [6, 6.07) is 10.2. The Balaban J connectivity index is 1.56. The molecule has 0 spiro atoms. The molecular weight excluding hydrogens is 428 g/mol. The molecular formula is C27H34N4O3. The second-order valence-electron chi connectivity index (χ2n) is 10.8. The molecule has 7 nitrogen and oxygen atoms in total. The summed E-state index contributed by atoms with van der Waals surface area (Å²) in [5.74, 6) is 1.05. The summed E-state index contributed by atoms with van der Waals surface area (Å²) < 4.78 is 5.46. The standard InChI is InChI=1S/C27H34N4O3/c1-18(2)19-7-9-21(10-8-19)27(33,25(3)16-31(4)17-25)22-13-20(14-28-15-22)23-29-24(34-30-23)26(32)11-5-6-12-26/h7-10,13-15,18,32-33H,5-6,11-12,16-17H2,1-4H3. The van der Waals surface area contributed by atoms with Gasteiger partial charge in [-0.25, -0.2) is 0 Å². The van der Waals surface area contributed by atoms with E-state index in [0.717, 1.165) is 31.5 Å². The Labute approximate surface area is 200 Å². The minimum Gasteiger partial charge on any atom is -0.380 e. The highest BCUT2D eigenvalue weighted by atomic mass is 16.5. The lowest BCUT2D eigenvalue weighted by atomic mass is 9.62. The second-order valence-corrected chi connectivity index (χ2v) is 10.8. The summed E-state index contributed by atoms with van der Waals surface area (Å²) in [5.41, 5.74) is 0.765. The number of hydrogen-bond acceptors (Lipinski definition) is 7. The van der Waals surface area contributed by atoms with Gasteiger partial charge < -0.3 is 19.6 Å². The summed E-state index contributed by atoms with van der Waals surface area (Å²) in [5, 5.41) is 27.4. The molecule has 3 heterocycles. The van der Waals surface area contributed by atoms with Crippen molar-refractivity contribution in [3.05, 3.63) is 65.3 Å². The van der Waals surface area contributed by atoms with Crippen molar-refractivity contribution in [2.24, 2.45) is 5.41 Å². The molecule has 2 aromatic heterocycles. The molecule has 7 heteroatoms. The van der Waals surface area contributed by atoms with Crippen LogP contribution in [0.1, 0.15) is 75.0 Å². The van der Waals surface area contributed by atoms with Crippen molar-refractivity contribution in [2.45, 2.75) is 63.6 Å². The minimum atomic E-state index is -1.24. The minimum absolute atomic E-state index is 0.262. The maximum absolute atomic E-state index is 12.4. The molecule has 2 aliphatic rings. The van der Waals surface area contributed by atoms with Crippen LogP contribution in [0.2, 0.25) is 0 Å². The van der Waals surface area contributed by atoms with Crippen molar-refractivity contribution in [3.8, 4) is 11.4 Å². The average Bonchev–Trinajstić information content (AvgIpc) is 3.48. The monoisotopic (exact) mass is 462 g/mol. The predicted octanol–water partition coefficient (Wildman–Crippen LogP) is 4.20. The lowest BCUT2D eigenvalue weighted by Crippen LogP contribution is -2.63. The molecule has 1 unspecified atom stereocenters. The van der Waals surface area contributed by atoms with Crippen molar-refractivity contribution in [1.29, 1.82) is 0 Å². The molecule has 0 radical (unpaired) electrons. The molecule has 2 N–H and O–H groups in total. The quantitative estimate of drug-likeness (QED) is 0.567. The van der Waals surface area contributed by atoms with E-state index in [9.17, 15) is 10.2 Å². The van der Waals surface area contributed by atoms with Crippen LogP contribution in [0.25, 0.3) is 11.4 Å². The number of pyridine rings is 1. The molecule has 0 amide bonds. The molecule has 1 aliphatic carbocycles. The Hall–Kier alpha value is -2.61. The van der Waals surface area contributed by atoms with Gasteiger partial charge in [-0.1, -0.05) is 50.2 Å². The number of aliphatic hydroxyl groups is 2. The summed E-state index contributed by atoms with van der Waals surface area (Å²) in [6.07, 6.45) is 6.56. The number of likely N-dealkylation sites (tertiary alicyclic amines) is 1. The first-order valence-corrected chi connectivity index (χ1v) is 12.2. The third-order valence-electron chi connectivity index (χ3n) is 7.78. The number of hydrogen-bond donors (Lipinski definition) is 2. The Morgan fingerprint density at radius 2 is 1.74 bits per heavy atom. The Morgan fingerprint density at radius 3 is 2.35 bits per heavy atom. The summed E-state index contributed by atoms with van der Waals surface area (Å²) in [4.78, 5) is 11.2. The van der Waals surface area contributed by atoms with Crippen molar-refractivity contribution in [3.63, 3.8) is 0 Å². The predicted molar refractivity (Wildman–Crippen MR) is 129 cm³/mol. The zero-order valence-corrected chi connectivity index (χ0v) is 20.5. The van der Waals surface area contributed by atoms with Gasteiger partial charge in [-0.2, -0.15) is 4.98 Å². The fraction of sp³-hybridized carbons (Fsp3) is 0.519. The van der Waals surface area contributed by atoms with Crippen molar-refractivity contribution in [2.75, 3.05) is 20.1 Å². The van der Waals surface area contributed by atoms with Gasteiger partial charge in [0.25, 0.3) is 5.89 Å². The van der Waals surface area contributed by atoms with Crippen LogP contribution < -0.4 is 0 Å². The summed E-state index contributed by atoms with van der Waals surface area (Å²) in [7, 11) is 2.06. The van der Waals surface area contributed by atoms with Gasteiger partial charge in [0, 0.05) is 42.0 Å².